The van der Waals surface area contributed by atoms with Gasteiger partial charge in [-0.1, -0.05) is 24.6 Å². The van der Waals surface area contributed by atoms with E-state index in [0.717, 1.165) is 62.6 Å². The van der Waals surface area contributed by atoms with Crippen LogP contribution in [0.2, 0.25) is 0 Å². The maximum absolute atomic E-state index is 13.2. The zero-order valence-corrected chi connectivity index (χ0v) is 19.7. The Morgan fingerprint density at radius 2 is 1.91 bits per heavy atom. The molecular weight excluding hydrogens is 410 g/mol. The van der Waals surface area contributed by atoms with Gasteiger partial charge in [0.05, 0.1) is 6.54 Å². The molecule has 6 nitrogen and oxygen atoms in total. The molecule has 6 rings (SSSR count). The third kappa shape index (κ3) is 4.19. The summed E-state index contributed by atoms with van der Waals surface area (Å²) in [5, 5.41) is 0. The maximum atomic E-state index is 13.2. The van der Waals surface area contributed by atoms with Gasteiger partial charge in [-0.25, -0.2) is 9.97 Å². The third-order valence-electron chi connectivity index (χ3n) is 8.71. The second-order valence-electron chi connectivity index (χ2n) is 10.7. The molecule has 6 heteroatoms. The lowest BCUT2D eigenvalue weighted by Crippen LogP contribution is -2.58. The summed E-state index contributed by atoms with van der Waals surface area (Å²) in [6.45, 7) is 7.49. The first kappa shape index (κ1) is 21.2. The standard InChI is InChI=1S/C27H35N5O/c1-19-15-31(8-9-32(19)26-11-20-2-3-23(26)10-20)27(33)17-30-7-6-22-12-21(4-5-24(22)16-30)25-13-28-18-29-14-25/h4-5,12-14,18-20,23,26H,2-3,6-11,15-17H2,1H3/t19-,20-,23+,26?/m0/s1. The molecule has 0 N–H and O–H groups in total. The van der Waals surface area contributed by atoms with E-state index in [0.29, 0.717) is 18.5 Å². The summed E-state index contributed by atoms with van der Waals surface area (Å²) in [4.78, 5) is 28.6. The van der Waals surface area contributed by atoms with E-state index in [4.69, 9.17) is 0 Å². The van der Waals surface area contributed by atoms with Crippen LogP contribution in [0.25, 0.3) is 11.1 Å². The van der Waals surface area contributed by atoms with Crippen LogP contribution >= 0.6 is 0 Å². The van der Waals surface area contributed by atoms with Gasteiger partial charge < -0.3 is 4.90 Å². The highest BCUT2D eigenvalue weighted by Crippen LogP contribution is 2.47. The van der Waals surface area contributed by atoms with Crippen LogP contribution < -0.4 is 0 Å². The number of carbonyl (C=O) groups is 1. The lowest BCUT2D eigenvalue weighted by Gasteiger charge is -2.45. The van der Waals surface area contributed by atoms with Crippen LogP contribution in [0.4, 0.5) is 0 Å². The molecule has 1 aromatic heterocycles. The molecule has 4 aliphatic rings. The summed E-state index contributed by atoms with van der Waals surface area (Å²) in [5.74, 6) is 2.20. The van der Waals surface area contributed by atoms with E-state index < -0.39 is 0 Å². The van der Waals surface area contributed by atoms with E-state index in [9.17, 15) is 4.79 Å². The predicted molar refractivity (Wildman–Crippen MR) is 128 cm³/mol. The van der Waals surface area contributed by atoms with Gasteiger partial charge in [-0.3, -0.25) is 14.6 Å². The van der Waals surface area contributed by atoms with Crippen molar-refractivity contribution in [3.05, 3.63) is 48.0 Å². The van der Waals surface area contributed by atoms with E-state index in [1.807, 2.05) is 12.4 Å². The van der Waals surface area contributed by atoms with Gasteiger partial charge in [0, 0.05) is 62.8 Å². The number of fused-ring (bicyclic) bond motifs is 3. The number of benzene rings is 1. The number of rotatable bonds is 4. The van der Waals surface area contributed by atoms with Crippen LogP contribution in [0.1, 0.15) is 43.7 Å². The van der Waals surface area contributed by atoms with Crippen molar-refractivity contribution in [2.24, 2.45) is 11.8 Å². The summed E-state index contributed by atoms with van der Waals surface area (Å²) in [6, 6.07) is 7.89. The average Bonchev–Trinajstić information content (AvgIpc) is 3.48. The molecule has 3 fully saturated rings. The third-order valence-corrected chi connectivity index (χ3v) is 8.71. The second kappa shape index (κ2) is 8.80. The molecule has 33 heavy (non-hydrogen) atoms. The molecule has 1 aromatic carbocycles. The largest absolute Gasteiger partial charge is 0.339 e. The summed E-state index contributed by atoms with van der Waals surface area (Å²) in [6.07, 6.45) is 12.0. The molecule has 1 saturated heterocycles. The van der Waals surface area contributed by atoms with Crippen molar-refractivity contribution in [1.29, 1.82) is 0 Å². The van der Waals surface area contributed by atoms with Gasteiger partial charge in [0.1, 0.15) is 6.33 Å². The fraction of sp³-hybridized carbons (Fsp3) is 0.593. The molecule has 0 spiro atoms. The highest BCUT2D eigenvalue weighted by Gasteiger charge is 2.44. The fourth-order valence-corrected chi connectivity index (χ4v) is 6.97. The molecule has 1 unspecified atom stereocenters. The number of hydrogen-bond donors (Lipinski definition) is 0. The van der Waals surface area contributed by atoms with E-state index in [1.54, 1.807) is 6.33 Å². The maximum Gasteiger partial charge on any atom is 0.236 e. The smallest absolute Gasteiger partial charge is 0.236 e. The van der Waals surface area contributed by atoms with Crippen LogP contribution in [0.15, 0.2) is 36.9 Å². The number of amides is 1. The van der Waals surface area contributed by atoms with Gasteiger partial charge in [-0.15, -0.1) is 0 Å². The van der Waals surface area contributed by atoms with Gasteiger partial charge >= 0.3 is 0 Å². The number of piperazine rings is 1. The molecule has 2 bridgehead atoms. The summed E-state index contributed by atoms with van der Waals surface area (Å²) < 4.78 is 0. The molecule has 2 saturated carbocycles. The first-order valence-electron chi connectivity index (χ1n) is 12.8. The van der Waals surface area contributed by atoms with Crippen molar-refractivity contribution in [2.75, 3.05) is 32.7 Å². The quantitative estimate of drug-likeness (QED) is 0.723. The predicted octanol–water partition coefficient (Wildman–Crippen LogP) is 3.22. The number of aromatic nitrogens is 2. The highest BCUT2D eigenvalue weighted by molar-refractivity contribution is 5.78. The Hall–Kier alpha value is -2.31. The highest BCUT2D eigenvalue weighted by atomic mass is 16.2. The van der Waals surface area contributed by atoms with Crippen molar-refractivity contribution in [3.8, 4) is 11.1 Å². The zero-order valence-electron chi connectivity index (χ0n) is 19.7. The molecule has 4 atom stereocenters. The average molecular weight is 446 g/mol. The van der Waals surface area contributed by atoms with Gasteiger partial charge in [0.15, 0.2) is 0 Å². The zero-order chi connectivity index (χ0) is 22.4. The van der Waals surface area contributed by atoms with Gasteiger partial charge in [0.2, 0.25) is 5.91 Å². The van der Waals surface area contributed by atoms with Crippen LogP contribution in [-0.2, 0) is 17.8 Å². The molecular formula is C27H35N5O. The SMILES string of the molecule is C[C@H]1CN(C(=O)CN2CCc3cc(-c4cncnc4)ccc3C2)CCN1C1C[C@H]2CC[C@@H]1C2. The van der Waals surface area contributed by atoms with Gasteiger partial charge in [0.25, 0.3) is 0 Å². The van der Waals surface area contributed by atoms with Crippen LogP contribution in [0.5, 0.6) is 0 Å². The Bertz CT molecular complexity index is 1010. The summed E-state index contributed by atoms with van der Waals surface area (Å²) in [5.41, 5.74) is 4.94. The Morgan fingerprint density at radius 3 is 2.67 bits per heavy atom. The summed E-state index contributed by atoms with van der Waals surface area (Å²) >= 11 is 0. The summed E-state index contributed by atoms with van der Waals surface area (Å²) in [7, 11) is 0. The van der Waals surface area contributed by atoms with Crippen molar-refractivity contribution < 1.29 is 4.79 Å². The first-order chi connectivity index (χ1) is 16.1. The molecule has 174 valence electrons. The van der Waals surface area contributed by atoms with Crippen LogP contribution in [0, 0.1) is 11.8 Å². The van der Waals surface area contributed by atoms with Crippen LogP contribution in [0.3, 0.4) is 0 Å². The molecule has 2 aromatic rings. The number of carbonyl (C=O) groups excluding carboxylic acids is 1. The minimum atomic E-state index is 0.302. The molecule has 2 aliphatic carbocycles. The molecule has 2 aliphatic heterocycles. The second-order valence-corrected chi connectivity index (χ2v) is 10.7. The Labute approximate surface area is 197 Å². The minimum absolute atomic E-state index is 0.302. The van der Waals surface area contributed by atoms with E-state index in [1.165, 1.54) is 42.4 Å². The lowest BCUT2D eigenvalue weighted by atomic mass is 9.92. The van der Waals surface area contributed by atoms with Crippen molar-refractivity contribution >= 4 is 5.91 Å². The van der Waals surface area contributed by atoms with E-state index in [-0.39, 0.29) is 0 Å². The molecule has 1 amide bonds. The molecule has 0 radical (unpaired) electrons. The number of hydrogen-bond acceptors (Lipinski definition) is 5. The van der Waals surface area contributed by atoms with E-state index >= 15 is 0 Å². The minimum Gasteiger partial charge on any atom is -0.339 e. The first-order valence-corrected chi connectivity index (χ1v) is 12.8. The lowest BCUT2D eigenvalue weighted by molar-refractivity contribution is -0.136. The van der Waals surface area contributed by atoms with Crippen molar-refractivity contribution in [3.63, 3.8) is 0 Å². The van der Waals surface area contributed by atoms with E-state index in [2.05, 4.69) is 49.8 Å². The van der Waals surface area contributed by atoms with Crippen molar-refractivity contribution in [1.82, 2.24) is 24.7 Å². The number of nitrogens with zero attached hydrogens (tertiary/aromatic N) is 5. The van der Waals surface area contributed by atoms with Crippen LogP contribution in [-0.4, -0.2) is 75.4 Å². The Morgan fingerprint density at radius 1 is 1.03 bits per heavy atom. The normalized spacial score (nSPS) is 29.9. The monoisotopic (exact) mass is 445 g/mol. The fourth-order valence-electron chi connectivity index (χ4n) is 6.97. The Kier molecular flexibility index (Phi) is 5.67. The van der Waals surface area contributed by atoms with Gasteiger partial charge in [-0.2, -0.15) is 0 Å². The molecule has 3 heterocycles. The topological polar surface area (TPSA) is 52.6 Å². The van der Waals surface area contributed by atoms with Crippen molar-refractivity contribution in [2.45, 2.75) is 57.7 Å². The Balaban J connectivity index is 1.04. The van der Waals surface area contributed by atoms with Gasteiger partial charge in [-0.05, 0) is 61.1 Å².